The molecule has 0 heterocycles. The van der Waals surface area contributed by atoms with Gasteiger partial charge in [-0.15, -0.1) is 0 Å². The number of ketones is 1. The van der Waals surface area contributed by atoms with Gasteiger partial charge in [-0.3, -0.25) is 4.79 Å². The van der Waals surface area contributed by atoms with Gasteiger partial charge in [0.05, 0.1) is 6.10 Å². The second-order valence-corrected chi connectivity index (χ2v) is 3.24. The van der Waals surface area contributed by atoms with Gasteiger partial charge in [0.2, 0.25) is 0 Å². The minimum absolute atomic E-state index is 0.0811. The molecule has 0 rings (SSSR count). The molecule has 0 saturated carbocycles. The third kappa shape index (κ3) is 7.72. The van der Waals surface area contributed by atoms with Crippen LogP contribution < -0.4 is 0 Å². The highest BCUT2D eigenvalue weighted by atomic mass is 16.5. The molecule has 0 aromatic heterocycles. The predicted octanol–water partition coefficient (Wildman–Crippen LogP) is 2.73. The summed E-state index contributed by atoms with van der Waals surface area (Å²) in [5.41, 5.74) is 0. The van der Waals surface area contributed by atoms with Crippen molar-refractivity contribution >= 4 is 5.78 Å². The van der Waals surface area contributed by atoms with Crippen molar-refractivity contribution in [3.05, 3.63) is 12.2 Å². The molecule has 0 aromatic rings. The number of methoxy groups -OCH3 is 1. The van der Waals surface area contributed by atoms with Gasteiger partial charge in [-0.1, -0.05) is 32.3 Å². The van der Waals surface area contributed by atoms with Crippen molar-refractivity contribution in [1.82, 2.24) is 0 Å². The molecule has 2 heteroatoms. The predicted molar refractivity (Wildman–Crippen MR) is 54.8 cm³/mol. The maximum absolute atomic E-state index is 10.7. The van der Waals surface area contributed by atoms with Crippen LogP contribution in [-0.4, -0.2) is 19.0 Å². The Labute approximate surface area is 81.0 Å². The van der Waals surface area contributed by atoms with Crippen LogP contribution in [0.5, 0.6) is 0 Å². The van der Waals surface area contributed by atoms with E-state index in [9.17, 15) is 4.79 Å². The van der Waals surface area contributed by atoms with E-state index < -0.39 is 0 Å². The van der Waals surface area contributed by atoms with E-state index in [1.54, 1.807) is 20.1 Å². The van der Waals surface area contributed by atoms with Crippen molar-refractivity contribution in [3.63, 3.8) is 0 Å². The molecular formula is C11H20O2. The Kier molecular flexibility index (Phi) is 7.60. The third-order valence-corrected chi connectivity index (χ3v) is 1.94. The first-order valence-electron chi connectivity index (χ1n) is 4.92. The zero-order chi connectivity index (χ0) is 10.1. The Bertz CT molecular complexity index is 161. The lowest BCUT2D eigenvalue weighted by Gasteiger charge is -2.09. The van der Waals surface area contributed by atoms with E-state index >= 15 is 0 Å². The minimum atomic E-state index is 0.0811. The number of carbonyl (C=O) groups is 1. The summed E-state index contributed by atoms with van der Waals surface area (Å²) in [5, 5.41) is 0. The van der Waals surface area contributed by atoms with Gasteiger partial charge in [0.25, 0.3) is 0 Å². The Balaban J connectivity index is 3.69. The Morgan fingerprint density at radius 2 is 2.15 bits per heavy atom. The van der Waals surface area contributed by atoms with Gasteiger partial charge in [0.15, 0.2) is 5.78 Å². The number of rotatable bonds is 7. The second kappa shape index (κ2) is 7.99. The first kappa shape index (κ1) is 12.4. The lowest BCUT2D eigenvalue weighted by atomic mass is 10.1. The molecule has 76 valence electrons. The molecule has 0 aliphatic carbocycles. The molecule has 1 unspecified atom stereocenters. The summed E-state index contributed by atoms with van der Waals surface area (Å²) in [4.78, 5) is 10.7. The van der Waals surface area contributed by atoms with Gasteiger partial charge >= 0.3 is 0 Å². The molecule has 0 aliphatic heterocycles. The molecule has 0 N–H and O–H groups in total. The SMILES string of the molecule is CCCCCC(/C=C/C(C)=O)OC. The summed E-state index contributed by atoms with van der Waals surface area (Å²) in [6, 6.07) is 0. The average molecular weight is 184 g/mol. The highest BCUT2D eigenvalue weighted by molar-refractivity contribution is 5.87. The van der Waals surface area contributed by atoms with Crippen LogP contribution in [0.2, 0.25) is 0 Å². The summed E-state index contributed by atoms with van der Waals surface area (Å²) in [7, 11) is 1.68. The Morgan fingerprint density at radius 1 is 1.46 bits per heavy atom. The lowest BCUT2D eigenvalue weighted by molar-refractivity contribution is -0.112. The maximum atomic E-state index is 10.7. The highest BCUT2D eigenvalue weighted by Gasteiger charge is 2.01. The molecule has 13 heavy (non-hydrogen) atoms. The fourth-order valence-corrected chi connectivity index (χ4v) is 1.13. The smallest absolute Gasteiger partial charge is 0.152 e. The molecule has 0 aliphatic rings. The molecular weight excluding hydrogens is 164 g/mol. The number of unbranched alkanes of at least 4 members (excludes halogenated alkanes) is 2. The molecule has 2 nitrogen and oxygen atoms in total. The monoisotopic (exact) mass is 184 g/mol. The van der Waals surface area contributed by atoms with E-state index in [4.69, 9.17) is 4.74 Å². The van der Waals surface area contributed by atoms with E-state index in [0.717, 1.165) is 12.8 Å². The Morgan fingerprint density at radius 3 is 2.62 bits per heavy atom. The quantitative estimate of drug-likeness (QED) is 0.449. The van der Waals surface area contributed by atoms with E-state index in [0.29, 0.717) is 0 Å². The normalized spacial score (nSPS) is 13.5. The third-order valence-electron chi connectivity index (χ3n) is 1.94. The average Bonchev–Trinajstić information content (AvgIpc) is 2.10. The highest BCUT2D eigenvalue weighted by Crippen LogP contribution is 2.07. The van der Waals surface area contributed by atoms with Crippen molar-refractivity contribution in [1.29, 1.82) is 0 Å². The molecule has 0 saturated heterocycles. The van der Waals surface area contributed by atoms with Crippen LogP contribution in [0, 0.1) is 0 Å². The van der Waals surface area contributed by atoms with Crippen molar-refractivity contribution in [2.75, 3.05) is 7.11 Å². The summed E-state index contributed by atoms with van der Waals surface area (Å²) >= 11 is 0. The largest absolute Gasteiger partial charge is 0.377 e. The summed E-state index contributed by atoms with van der Waals surface area (Å²) in [5.74, 6) is 0.0811. The van der Waals surface area contributed by atoms with Crippen molar-refractivity contribution < 1.29 is 9.53 Å². The molecule has 0 amide bonds. The molecule has 0 aromatic carbocycles. The first-order valence-corrected chi connectivity index (χ1v) is 4.92. The maximum Gasteiger partial charge on any atom is 0.152 e. The van der Waals surface area contributed by atoms with E-state index in [-0.39, 0.29) is 11.9 Å². The van der Waals surface area contributed by atoms with Gasteiger partial charge in [0.1, 0.15) is 0 Å². The zero-order valence-electron chi connectivity index (χ0n) is 8.88. The fraction of sp³-hybridized carbons (Fsp3) is 0.727. The zero-order valence-corrected chi connectivity index (χ0v) is 8.88. The number of hydrogen-bond acceptors (Lipinski definition) is 2. The van der Waals surface area contributed by atoms with Gasteiger partial charge in [0, 0.05) is 7.11 Å². The summed E-state index contributed by atoms with van der Waals surface area (Å²) in [6.07, 6.45) is 8.15. The number of allylic oxidation sites excluding steroid dienone is 1. The van der Waals surface area contributed by atoms with Crippen LogP contribution in [0.25, 0.3) is 0 Å². The molecule has 0 bridgehead atoms. The van der Waals surface area contributed by atoms with Crippen molar-refractivity contribution in [2.24, 2.45) is 0 Å². The minimum Gasteiger partial charge on any atom is -0.377 e. The number of ether oxygens (including phenoxy) is 1. The number of carbonyl (C=O) groups excluding carboxylic acids is 1. The van der Waals surface area contributed by atoms with Gasteiger partial charge in [-0.2, -0.15) is 0 Å². The van der Waals surface area contributed by atoms with Crippen LogP contribution in [0.15, 0.2) is 12.2 Å². The van der Waals surface area contributed by atoms with Gasteiger partial charge < -0.3 is 4.74 Å². The molecule has 0 fully saturated rings. The van der Waals surface area contributed by atoms with Crippen molar-refractivity contribution in [2.45, 2.75) is 45.6 Å². The number of hydrogen-bond donors (Lipinski definition) is 0. The molecule has 1 atom stereocenters. The first-order chi connectivity index (χ1) is 6.20. The summed E-state index contributed by atoms with van der Waals surface area (Å²) in [6.45, 7) is 3.72. The van der Waals surface area contributed by atoms with Crippen LogP contribution in [0.1, 0.15) is 39.5 Å². The lowest BCUT2D eigenvalue weighted by Crippen LogP contribution is -2.06. The second-order valence-electron chi connectivity index (χ2n) is 3.24. The Hall–Kier alpha value is -0.630. The summed E-state index contributed by atoms with van der Waals surface area (Å²) < 4.78 is 5.21. The van der Waals surface area contributed by atoms with Crippen LogP contribution in [0.3, 0.4) is 0 Å². The van der Waals surface area contributed by atoms with E-state index in [2.05, 4.69) is 6.92 Å². The van der Waals surface area contributed by atoms with Gasteiger partial charge in [-0.25, -0.2) is 0 Å². The van der Waals surface area contributed by atoms with Crippen molar-refractivity contribution in [3.8, 4) is 0 Å². The molecule has 0 radical (unpaired) electrons. The van der Waals surface area contributed by atoms with Crippen LogP contribution in [-0.2, 0) is 9.53 Å². The van der Waals surface area contributed by atoms with Gasteiger partial charge in [-0.05, 0) is 19.4 Å². The van der Waals surface area contributed by atoms with E-state index in [1.165, 1.54) is 12.8 Å². The van der Waals surface area contributed by atoms with Crippen LogP contribution in [0.4, 0.5) is 0 Å². The van der Waals surface area contributed by atoms with E-state index in [1.807, 2.05) is 6.08 Å². The standard InChI is InChI=1S/C11H20O2/c1-4-5-6-7-11(13-3)9-8-10(2)12/h8-9,11H,4-7H2,1-3H3/b9-8+. The fourth-order valence-electron chi connectivity index (χ4n) is 1.13. The topological polar surface area (TPSA) is 26.3 Å². The molecule has 0 spiro atoms. The van der Waals surface area contributed by atoms with Crippen LogP contribution >= 0.6 is 0 Å².